The minimum absolute atomic E-state index is 0.00443. The van der Waals surface area contributed by atoms with Crippen molar-refractivity contribution >= 4 is 47.5 Å². The molecule has 0 radical (unpaired) electrons. The van der Waals surface area contributed by atoms with E-state index in [2.05, 4.69) is 0 Å². The zero-order chi connectivity index (χ0) is 32.2. The van der Waals surface area contributed by atoms with Gasteiger partial charge in [-0.1, -0.05) is 27.7 Å². The van der Waals surface area contributed by atoms with Crippen LogP contribution in [0.2, 0.25) is 0 Å². The van der Waals surface area contributed by atoms with Crippen molar-refractivity contribution in [2.24, 2.45) is 10.8 Å². The van der Waals surface area contributed by atoms with Gasteiger partial charge in [-0.15, -0.1) is 10.1 Å². The van der Waals surface area contributed by atoms with E-state index in [9.17, 15) is 38.4 Å². The third-order valence-corrected chi connectivity index (χ3v) is 6.28. The SMILES string of the molecule is CC(C)(CC(=O)OCCCOCCCOC(=O)CC(C)(C)CC(=O)ON1C(=O)CCC1=O)CC(=O)ON1C(=O)CCC1=O. The average Bonchev–Trinajstić information content (AvgIpc) is 3.36. The molecule has 15 heteroatoms. The minimum Gasteiger partial charge on any atom is -0.466 e. The molecule has 0 saturated carbocycles. The number of imide groups is 2. The highest BCUT2D eigenvalue weighted by Gasteiger charge is 2.36. The predicted octanol–water partition coefficient (Wildman–Crippen LogP) is 1.70. The summed E-state index contributed by atoms with van der Waals surface area (Å²) < 4.78 is 15.8. The van der Waals surface area contributed by atoms with Gasteiger partial charge in [0.15, 0.2) is 0 Å². The van der Waals surface area contributed by atoms with Crippen LogP contribution in [0.1, 0.15) is 91.9 Å². The van der Waals surface area contributed by atoms with Crippen molar-refractivity contribution in [1.29, 1.82) is 0 Å². The highest BCUT2D eigenvalue weighted by molar-refractivity contribution is 6.02. The maximum absolute atomic E-state index is 12.2. The van der Waals surface area contributed by atoms with E-state index < -0.39 is 58.3 Å². The first kappa shape index (κ1) is 35.3. The molecule has 2 rings (SSSR count). The molecule has 0 atom stereocenters. The third-order valence-electron chi connectivity index (χ3n) is 6.28. The first-order chi connectivity index (χ1) is 20.1. The maximum atomic E-state index is 12.2. The third kappa shape index (κ3) is 12.9. The molecular formula is C28H40N2O13. The number of hydroxylamine groups is 4. The van der Waals surface area contributed by atoms with Gasteiger partial charge < -0.3 is 23.9 Å². The van der Waals surface area contributed by atoms with Crippen molar-refractivity contribution in [1.82, 2.24) is 10.1 Å². The smallest absolute Gasteiger partial charge is 0.333 e. The number of amides is 4. The van der Waals surface area contributed by atoms with E-state index in [4.69, 9.17) is 23.9 Å². The Labute approximate surface area is 249 Å². The number of nitrogens with zero attached hydrogens (tertiary/aromatic N) is 2. The van der Waals surface area contributed by atoms with Crippen molar-refractivity contribution in [3.8, 4) is 0 Å². The molecule has 240 valence electrons. The zero-order valence-electron chi connectivity index (χ0n) is 25.1. The molecule has 2 fully saturated rings. The summed E-state index contributed by atoms with van der Waals surface area (Å²) in [5.74, 6) is -4.93. The zero-order valence-corrected chi connectivity index (χ0v) is 25.1. The molecular weight excluding hydrogens is 572 g/mol. The van der Waals surface area contributed by atoms with E-state index in [1.54, 1.807) is 27.7 Å². The number of carbonyl (C=O) groups excluding carboxylic acids is 8. The molecule has 2 heterocycles. The predicted molar refractivity (Wildman–Crippen MR) is 142 cm³/mol. The fraction of sp³-hybridized carbons (Fsp3) is 0.714. The molecule has 2 saturated heterocycles. The van der Waals surface area contributed by atoms with Crippen LogP contribution in [0, 0.1) is 10.8 Å². The van der Waals surface area contributed by atoms with Gasteiger partial charge in [0.25, 0.3) is 23.6 Å². The summed E-state index contributed by atoms with van der Waals surface area (Å²) in [7, 11) is 0. The van der Waals surface area contributed by atoms with Crippen LogP contribution in [0.25, 0.3) is 0 Å². The van der Waals surface area contributed by atoms with Gasteiger partial charge in [-0.25, -0.2) is 9.59 Å². The molecule has 0 N–H and O–H groups in total. The van der Waals surface area contributed by atoms with Crippen LogP contribution in [0.15, 0.2) is 0 Å². The monoisotopic (exact) mass is 612 g/mol. The fourth-order valence-electron chi connectivity index (χ4n) is 4.17. The standard InChI is InChI=1S/C28H40N2O13/c1-27(2,17-25(37)42-29-19(31)7-8-20(29)32)15-23(35)40-13-5-11-39-12-6-14-41-24(36)16-28(3,4)18-26(38)43-30-21(33)9-10-22(30)34/h5-18H2,1-4H3. The van der Waals surface area contributed by atoms with Gasteiger partial charge in [0.05, 0.1) is 38.9 Å². The molecule has 4 amide bonds. The van der Waals surface area contributed by atoms with Crippen LogP contribution >= 0.6 is 0 Å². The minimum atomic E-state index is -0.819. The Morgan fingerprint density at radius 1 is 0.535 bits per heavy atom. The number of rotatable bonds is 18. The molecule has 0 unspecified atom stereocenters. The number of hydrogen-bond donors (Lipinski definition) is 0. The molecule has 0 aromatic carbocycles. The Hall–Kier alpha value is -3.88. The van der Waals surface area contributed by atoms with Gasteiger partial charge in [0.1, 0.15) is 0 Å². The lowest BCUT2D eigenvalue weighted by Gasteiger charge is -2.23. The van der Waals surface area contributed by atoms with Gasteiger partial charge in [0.2, 0.25) is 0 Å². The van der Waals surface area contributed by atoms with Crippen molar-refractivity contribution in [2.45, 2.75) is 91.9 Å². The molecule has 15 nitrogen and oxygen atoms in total. The van der Waals surface area contributed by atoms with Crippen molar-refractivity contribution < 1.29 is 62.2 Å². The van der Waals surface area contributed by atoms with Crippen LogP contribution in [-0.4, -0.2) is 84.1 Å². The molecule has 0 aliphatic carbocycles. The van der Waals surface area contributed by atoms with E-state index in [1.807, 2.05) is 0 Å². The van der Waals surface area contributed by atoms with E-state index >= 15 is 0 Å². The van der Waals surface area contributed by atoms with Crippen LogP contribution in [-0.2, 0) is 62.2 Å². The molecule has 43 heavy (non-hydrogen) atoms. The Balaban J connectivity index is 1.50. The lowest BCUT2D eigenvalue weighted by Crippen LogP contribution is -2.34. The molecule has 2 aliphatic heterocycles. The van der Waals surface area contributed by atoms with Crippen molar-refractivity contribution in [2.75, 3.05) is 26.4 Å². The second kappa shape index (κ2) is 16.1. The summed E-state index contributed by atoms with van der Waals surface area (Å²) in [5.41, 5.74) is -1.64. The average molecular weight is 613 g/mol. The summed E-state index contributed by atoms with van der Waals surface area (Å²) in [6, 6.07) is 0. The normalized spacial score (nSPS) is 15.6. The molecule has 0 bridgehead atoms. The Morgan fingerprint density at radius 3 is 1.16 bits per heavy atom. The van der Waals surface area contributed by atoms with E-state index in [-0.39, 0.29) is 64.6 Å². The summed E-state index contributed by atoms with van der Waals surface area (Å²) in [5, 5.41) is 0.936. The summed E-state index contributed by atoms with van der Waals surface area (Å²) >= 11 is 0. The van der Waals surface area contributed by atoms with Crippen LogP contribution in [0.5, 0.6) is 0 Å². The first-order valence-corrected chi connectivity index (χ1v) is 14.1. The first-order valence-electron chi connectivity index (χ1n) is 14.1. The maximum Gasteiger partial charge on any atom is 0.333 e. The topological polar surface area (TPSA) is 189 Å². The Kier molecular flexibility index (Phi) is 13.2. The van der Waals surface area contributed by atoms with Gasteiger partial charge in [0, 0.05) is 51.7 Å². The fourth-order valence-corrected chi connectivity index (χ4v) is 4.17. The summed E-state index contributed by atoms with van der Waals surface area (Å²) in [6.45, 7) is 7.45. The summed E-state index contributed by atoms with van der Waals surface area (Å²) in [6.07, 6.45) is 0.284. The van der Waals surface area contributed by atoms with Gasteiger partial charge >= 0.3 is 23.9 Å². The molecule has 2 aliphatic rings. The largest absolute Gasteiger partial charge is 0.466 e. The highest BCUT2D eigenvalue weighted by atomic mass is 16.7. The lowest BCUT2D eigenvalue weighted by atomic mass is 9.86. The van der Waals surface area contributed by atoms with Crippen LogP contribution in [0.3, 0.4) is 0 Å². The van der Waals surface area contributed by atoms with Crippen LogP contribution < -0.4 is 0 Å². The second-order valence-corrected chi connectivity index (χ2v) is 11.9. The lowest BCUT2D eigenvalue weighted by molar-refractivity contribution is -0.199. The summed E-state index contributed by atoms with van der Waals surface area (Å²) in [4.78, 5) is 104. The van der Waals surface area contributed by atoms with E-state index in [0.717, 1.165) is 0 Å². The van der Waals surface area contributed by atoms with E-state index in [1.165, 1.54) is 0 Å². The van der Waals surface area contributed by atoms with Gasteiger partial charge in [-0.2, -0.15) is 0 Å². The molecule has 0 aromatic heterocycles. The van der Waals surface area contributed by atoms with Crippen molar-refractivity contribution in [3.05, 3.63) is 0 Å². The highest BCUT2D eigenvalue weighted by Crippen LogP contribution is 2.28. The van der Waals surface area contributed by atoms with E-state index in [0.29, 0.717) is 36.2 Å². The van der Waals surface area contributed by atoms with Crippen molar-refractivity contribution in [3.63, 3.8) is 0 Å². The second-order valence-electron chi connectivity index (χ2n) is 11.9. The quantitative estimate of drug-likeness (QED) is 0.124. The van der Waals surface area contributed by atoms with Gasteiger partial charge in [-0.05, 0) is 10.8 Å². The number of ether oxygens (including phenoxy) is 3. The number of hydrogen-bond acceptors (Lipinski definition) is 13. The molecule has 0 aromatic rings. The molecule has 0 spiro atoms. The van der Waals surface area contributed by atoms with Gasteiger partial charge in [-0.3, -0.25) is 28.8 Å². The number of carbonyl (C=O) groups is 8. The Bertz CT molecular complexity index is 982. The van der Waals surface area contributed by atoms with Crippen LogP contribution in [0.4, 0.5) is 0 Å². The number of esters is 2. The Morgan fingerprint density at radius 2 is 0.837 bits per heavy atom.